The third-order valence-electron chi connectivity index (χ3n) is 8.39. The van der Waals surface area contributed by atoms with Gasteiger partial charge in [0.15, 0.2) is 0 Å². The smallest absolute Gasteiger partial charge is 0.343 e. The molecule has 3 heterocycles. The van der Waals surface area contributed by atoms with E-state index in [1.165, 1.54) is 6.07 Å². The van der Waals surface area contributed by atoms with Crippen molar-refractivity contribution in [1.29, 1.82) is 0 Å². The fourth-order valence-corrected chi connectivity index (χ4v) is 7.39. The molecule has 5 rings (SSSR count). The Morgan fingerprint density at radius 2 is 1.77 bits per heavy atom. The number of thioether (sulfide) groups is 1. The molecule has 0 saturated carbocycles. The highest BCUT2D eigenvalue weighted by Crippen LogP contribution is 2.37. The molecule has 230 valence electrons. The maximum absolute atomic E-state index is 13.6. The van der Waals surface area contributed by atoms with E-state index in [4.69, 9.17) is 11.6 Å². The van der Waals surface area contributed by atoms with Crippen molar-refractivity contribution in [1.82, 2.24) is 14.8 Å². The second-order valence-corrected chi connectivity index (χ2v) is 13.1. The summed E-state index contributed by atoms with van der Waals surface area (Å²) in [5.74, 6) is 0.0209. The number of anilines is 1. The number of halogens is 4. The summed E-state index contributed by atoms with van der Waals surface area (Å²) in [5, 5.41) is 1.71. The van der Waals surface area contributed by atoms with E-state index in [-0.39, 0.29) is 17.7 Å². The van der Waals surface area contributed by atoms with Crippen LogP contribution in [0.3, 0.4) is 0 Å². The minimum atomic E-state index is -4.39. The molecule has 2 saturated heterocycles. The standard InChI is InChI=1S/C32H36ClF3N4O2S/c1-22(41)39-18-9-23(10-19-39)31(42)40(26-5-2-4-25(33)21-26)15-3-14-38-16-11-27(12-17-38)43-30-8-13-37-29-20-24(32(34,35)36)6-7-28(29)30/h2,4-8,13,20-21,23,27H,3,9-12,14-19H2,1H3. The van der Waals surface area contributed by atoms with Crippen LogP contribution in [-0.2, 0) is 15.8 Å². The van der Waals surface area contributed by atoms with Gasteiger partial charge in [0.25, 0.3) is 0 Å². The Morgan fingerprint density at radius 3 is 2.44 bits per heavy atom. The van der Waals surface area contributed by atoms with Crippen molar-refractivity contribution in [2.45, 2.75) is 55.3 Å². The van der Waals surface area contributed by atoms with Gasteiger partial charge >= 0.3 is 6.18 Å². The molecule has 2 aliphatic rings. The minimum absolute atomic E-state index is 0.0495. The third-order valence-corrected chi connectivity index (χ3v) is 10.0. The molecule has 1 aromatic heterocycles. The van der Waals surface area contributed by atoms with Crippen LogP contribution in [0.4, 0.5) is 18.9 Å². The summed E-state index contributed by atoms with van der Waals surface area (Å²) >= 11 is 8.00. The summed E-state index contributed by atoms with van der Waals surface area (Å²) < 4.78 is 39.4. The molecule has 3 aromatic rings. The first-order chi connectivity index (χ1) is 20.6. The second-order valence-electron chi connectivity index (χ2n) is 11.3. The molecule has 2 fully saturated rings. The molecular weight excluding hydrogens is 597 g/mol. The fraction of sp³-hybridized carbons (Fsp3) is 0.469. The Morgan fingerprint density at radius 1 is 1.02 bits per heavy atom. The molecule has 0 unspecified atom stereocenters. The number of rotatable bonds is 8. The number of piperidine rings is 2. The van der Waals surface area contributed by atoms with Crippen LogP contribution in [0.25, 0.3) is 10.9 Å². The van der Waals surface area contributed by atoms with E-state index in [1.807, 2.05) is 29.2 Å². The van der Waals surface area contributed by atoms with Crippen LogP contribution in [-0.4, -0.2) is 71.1 Å². The molecule has 0 N–H and O–H groups in total. The topological polar surface area (TPSA) is 56.8 Å². The second kappa shape index (κ2) is 13.9. The fourth-order valence-electron chi connectivity index (χ4n) is 5.96. The zero-order valence-electron chi connectivity index (χ0n) is 24.2. The van der Waals surface area contributed by atoms with E-state index in [9.17, 15) is 22.8 Å². The van der Waals surface area contributed by atoms with Crippen LogP contribution in [0.5, 0.6) is 0 Å². The Bertz CT molecular complexity index is 1440. The zero-order chi connectivity index (χ0) is 30.6. The Kier molecular flexibility index (Phi) is 10.2. The van der Waals surface area contributed by atoms with Gasteiger partial charge in [0.05, 0.1) is 11.1 Å². The molecule has 43 heavy (non-hydrogen) atoms. The van der Waals surface area contributed by atoms with Crippen molar-refractivity contribution >= 4 is 51.8 Å². The number of fused-ring (bicyclic) bond motifs is 1. The Hall–Kier alpha value is -2.82. The molecular formula is C32H36ClF3N4O2S. The molecule has 2 aliphatic heterocycles. The lowest BCUT2D eigenvalue weighted by molar-refractivity contribution is -0.137. The lowest BCUT2D eigenvalue weighted by atomic mass is 9.94. The number of hydrogen-bond donors (Lipinski definition) is 0. The number of pyridine rings is 1. The van der Waals surface area contributed by atoms with Crippen molar-refractivity contribution in [3.63, 3.8) is 0 Å². The summed E-state index contributed by atoms with van der Waals surface area (Å²) in [4.78, 5) is 36.6. The highest BCUT2D eigenvalue weighted by Gasteiger charge is 2.32. The summed E-state index contributed by atoms with van der Waals surface area (Å²) in [6.07, 6.45) is 1.28. The highest BCUT2D eigenvalue weighted by molar-refractivity contribution is 8.00. The lowest BCUT2D eigenvalue weighted by Gasteiger charge is -2.35. The van der Waals surface area contributed by atoms with Gasteiger partial charge in [0.1, 0.15) is 0 Å². The first kappa shape index (κ1) is 31.6. The Balaban J connectivity index is 1.14. The van der Waals surface area contributed by atoms with E-state index in [0.717, 1.165) is 67.0 Å². The average molecular weight is 633 g/mol. The van der Waals surface area contributed by atoms with E-state index in [0.29, 0.717) is 48.3 Å². The van der Waals surface area contributed by atoms with Crippen LogP contribution < -0.4 is 4.90 Å². The summed E-state index contributed by atoms with van der Waals surface area (Å²) in [6, 6.07) is 13.1. The van der Waals surface area contributed by atoms with Gasteiger partial charge in [-0.15, -0.1) is 11.8 Å². The monoisotopic (exact) mass is 632 g/mol. The number of nitrogens with zero attached hydrogens (tertiary/aromatic N) is 4. The van der Waals surface area contributed by atoms with Crippen LogP contribution in [0.2, 0.25) is 5.02 Å². The van der Waals surface area contributed by atoms with E-state index < -0.39 is 11.7 Å². The number of carbonyl (C=O) groups excluding carboxylic acids is 2. The van der Waals surface area contributed by atoms with Gasteiger partial charge in [-0.2, -0.15) is 13.2 Å². The molecule has 2 aromatic carbocycles. The van der Waals surface area contributed by atoms with Gasteiger partial charge in [-0.25, -0.2) is 0 Å². The molecule has 2 amide bonds. The number of aromatic nitrogens is 1. The highest BCUT2D eigenvalue weighted by atomic mass is 35.5. The average Bonchev–Trinajstić information content (AvgIpc) is 2.99. The minimum Gasteiger partial charge on any atom is -0.343 e. The summed E-state index contributed by atoms with van der Waals surface area (Å²) in [5.41, 5.74) is 0.478. The van der Waals surface area contributed by atoms with Gasteiger partial charge in [0, 0.05) is 64.9 Å². The number of amides is 2. The molecule has 0 aliphatic carbocycles. The maximum Gasteiger partial charge on any atom is 0.416 e. The van der Waals surface area contributed by atoms with E-state index >= 15 is 0 Å². The number of likely N-dealkylation sites (tertiary alicyclic amines) is 2. The first-order valence-corrected chi connectivity index (χ1v) is 16.0. The number of benzene rings is 2. The van der Waals surface area contributed by atoms with Crippen LogP contribution >= 0.6 is 23.4 Å². The van der Waals surface area contributed by atoms with Crippen molar-refractivity contribution in [2.24, 2.45) is 5.92 Å². The van der Waals surface area contributed by atoms with Gasteiger partial charge in [-0.05, 0) is 88.1 Å². The maximum atomic E-state index is 13.6. The summed E-state index contributed by atoms with van der Waals surface area (Å²) in [7, 11) is 0. The van der Waals surface area contributed by atoms with Crippen LogP contribution in [0, 0.1) is 5.92 Å². The first-order valence-electron chi connectivity index (χ1n) is 14.8. The van der Waals surface area contributed by atoms with Gasteiger partial charge in [-0.1, -0.05) is 23.7 Å². The van der Waals surface area contributed by atoms with Gasteiger partial charge < -0.3 is 14.7 Å². The van der Waals surface area contributed by atoms with E-state index in [1.54, 1.807) is 35.8 Å². The van der Waals surface area contributed by atoms with Gasteiger partial charge in [-0.3, -0.25) is 14.6 Å². The van der Waals surface area contributed by atoms with Crippen LogP contribution in [0.15, 0.2) is 59.6 Å². The molecule has 0 atom stereocenters. The molecule has 11 heteroatoms. The Labute approximate surface area is 259 Å². The molecule has 0 bridgehead atoms. The van der Waals surface area contributed by atoms with Crippen molar-refractivity contribution < 1.29 is 22.8 Å². The number of carbonyl (C=O) groups is 2. The molecule has 0 spiro atoms. The predicted octanol–water partition coefficient (Wildman–Crippen LogP) is 7.15. The molecule has 0 radical (unpaired) electrons. The SMILES string of the molecule is CC(=O)N1CCC(C(=O)N(CCCN2CCC(Sc3ccnc4cc(C(F)(F)F)ccc34)CC2)c2cccc(Cl)c2)CC1. The molecule has 6 nitrogen and oxygen atoms in total. The third kappa shape index (κ3) is 8.02. The normalized spacial score (nSPS) is 17.4. The lowest BCUT2D eigenvalue weighted by Crippen LogP contribution is -2.45. The van der Waals surface area contributed by atoms with Crippen molar-refractivity contribution in [3.8, 4) is 0 Å². The number of hydrogen-bond acceptors (Lipinski definition) is 5. The predicted molar refractivity (Wildman–Crippen MR) is 165 cm³/mol. The summed E-state index contributed by atoms with van der Waals surface area (Å²) in [6.45, 7) is 6.07. The van der Waals surface area contributed by atoms with Crippen molar-refractivity contribution in [3.05, 3.63) is 65.3 Å². The largest absolute Gasteiger partial charge is 0.416 e. The van der Waals surface area contributed by atoms with Crippen molar-refractivity contribution in [2.75, 3.05) is 44.2 Å². The zero-order valence-corrected chi connectivity index (χ0v) is 25.7. The van der Waals surface area contributed by atoms with E-state index in [2.05, 4.69) is 9.88 Å². The quantitative estimate of drug-likeness (QED) is 0.264. The van der Waals surface area contributed by atoms with Crippen LogP contribution in [0.1, 0.15) is 44.6 Å². The number of alkyl halides is 3. The van der Waals surface area contributed by atoms with Gasteiger partial charge in [0.2, 0.25) is 11.8 Å².